The van der Waals surface area contributed by atoms with Crippen LogP contribution in [0.2, 0.25) is 0 Å². The van der Waals surface area contributed by atoms with Gasteiger partial charge >= 0.3 is 0 Å². The second kappa shape index (κ2) is 10.4. The molecule has 0 saturated carbocycles. The van der Waals surface area contributed by atoms with Crippen molar-refractivity contribution < 1.29 is 23.8 Å². The average molecular weight is 443 g/mol. The maximum Gasteiger partial charge on any atom is 0.252 e. The standard InChI is InChI=1S/C25H34N2O5/c1-15(2)16-9-11-17(12-10-16)23(28)26-21(24(29)27-25(3,4)5)18-13-19(30-6)22(32-8)20(14-18)31-7/h9-15,21H,1-8H3,(H,26,28)(H,27,29). The maximum atomic E-state index is 13.2. The fourth-order valence-electron chi connectivity index (χ4n) is 3.24. The molecule has 7 nitrogen and oxygen atoms in total. The molecule has 0 saturated heterocycles. The van der Waals surface area contributed by atoms with Crippen LogP contribution in [0.5, 0.6) is 17.2 Å². The first-order valence-corrected chi connectivity index (χ1v) is 10.5. The van der Waals surface area contributed by atoms with Gasteiger partial charge in [0.2, 0.25) is 11.7 Å². The lowest BCUT2D eigenvalue weighted by Crippen LogP contribution is -2.47. The van der Waals surface area contributed by atoms with Crippen LogP contribution in [0.4, 0.5) is 0 Å². The lowest BCUT2D eigenvalue weighted by atomic mass is 10.00. The van der Waals surface area contributed by atoms with E-state index < -0.39 is 11.6 Å². The van der Waals surface area contributed by atoms with Gasteiger partial charge in [-0.15, -0.1) is 0 Å². The summed E-state index contributed by atoms with van der Waals surface area (Å²) in [4.78, 5) is 26.2. The van der Waals surface area contributed by atoms with Gasteiger partial charge in [-0.3, -0.25) is 9.59 Å². The maximum absolute atomic E-state index is 13.2. The molecule has 2 amide bonds. The summed E-state index contributed by atoms with van der Waals surface area (Å²) in [6, 6.07) is 9.72. The van der Waals surface area contributed by atoms with Crippen molar-refractivity contribution >= 4 is 11.8 Å². The summed E-state index contributed by atoms with van der Waals surface area (Å²) in [5, 5.41) is 5.79. The molecule has 0 spiro atoms. The molecule has 174 valence electrons. The minimum Gasteiger partial charge on any atom is -0.493 e. The molecule has 0 bridgehead atoms. The summed E-state index contributed by atoms with van der Waals surface area (Å²) in [5.74, 6) is 0.847. The third kappa shape index (κ3) is 6.15. The quantitative estimate of drug-likeness (QED) is 0.639. The highest BCUT2D eigenvalue weighted by Gasteiger charge is 2.29. The molecule has 2 N–H and O–H groups in total. The van der Waals surface area contributed by atoms with Gasteiger partial charge in [-0.1, -0.05) is 26.0 Å². The largest absolute Gasteiger partial charge is 0.493 e. The molecule has 2 aromatic carbocycles. The fraction of sp³-hybridized carbons (Fsp3) is 0.440. The van der Waals surface area contributed by atoms with Gasteiger partial charge in [-0.2, -0.15) is 0 Å². The minimum absolute atomic E-state index is 0.348. The van der Waals surface area contributed by atoms with Crippen LogP contribution in [-0.2, 0) is 4.79 Å². The molecule has 0 heterocycles. The van der Waals surface area contributed by atoms with Crippen LogP contribution < -0.4 is 24.8 Å². The van der Waals surface area contributed by atoms with Crippen molar-refractivity contribution in [1.82, 2.24) is 10.6 Å². The zero-order chi connectivity index (χ0) is 24.1. The number of methoxy groups -OCH3 is 3. The number of ether oxygens (including phenoxy) is 3. The summed E-state index contributed by atoms with van der Waals surface area (Å²) in [7, 11) is 4.51. The number of carbonyl (C=O) groups excluding carboxylic acids is 2. The Labute approximate surface area is 190 Å². The van der Waals surface area contributed by atoms with E-state index in [2.05, 4.69) is 24.5 Å². The smallest absolute Gasteiger partial charge is 0.252 e. The second-order valence-electron chi connectivity index (χ2n) is 8.88. The lowest BCUT2D eigenvalue weighted by molar-refractivity contribution is -0.124. The first kappa shape index (κ1) is 25.0. The van der Waals surface area contributed by atoms with Crippen molar-refractivity contribution in [1.29, 1.82) is 0 Å². The first-order valence-electron chi connectivity index (χ1n) is 10.5. The number of benzene rings is 2. The van der Waals surface area contributed by atoms with Crippen LogP contribution in [0, 0.1) is 0 Å². The predicted octanol–water partition coefficient (Wildman–Crippen LogP) is 4.22. The lowest BCUT2D eigenvalue weighted by Gasteiger charge is -2.26. The highest BCUT2D eigenvalue weighted by Crippen LogP contribution is 2.40. The van der Waals surface area contributed by atoms with Crippen LogP contribution in [0.1, 0.15) is 68.1 Å². The molecule has 32 heavy (non-hydrogen) atoms. The Morgan fingerprint density at radius 3 is 1.78 bits per heavy atom. The summed E-state index contributed by atoms with van der Waals surface area (Å²) in [5.41, 5.74) is 1.62. The number of carbonyl (C=O) groups is 2. The first-order chi connectivity index (χ1) is 15.0. The molecule has 1 atom stereocenters. The van der Waals surface area contributed by atoms with Gasteiger partial charge < -0.3 is 24.8 Å². The zero-order valence-electron chi connectivity index (χ0n) is 20.2. The highest BCUT2D eigenvalue weighted by atomic mass is 16.5. The van der Waals surface area contributed by atoms with Crippen LogP contribution >= 0.6 is 0 Å². The van der Waals surface area contributed by atoms with Gasteiger partial charge in [0.05, 0.1) is 21.3 Å². The summed E-state index contributed by atoms with van der Waals surface area (Å²) >= 11 is 0. The normalized spacial score (nSPS) is 12.2. The molecular formula is C25H34N2O5. The van der Waals surface area contributed by atoms with Crippen LogP contribution in [0.25, 0.3) is 0 Å². The molecule has 0 fully saturated rings. The number of nitrogens with one attached hydrogen (secondary N) is 2. The number of hydrogen-bond donors (Lipinski definition) is 2. The zero-order valence-corrected chi connectivity index (χ0v) is 20.2. The molecule has 7 heteroatoms. The molecule has 0 aromatic heterocycles. The third-order valence-electron chi connectivity index (χ3n) is 4.90. The highest BCUT2D eigenvalue weighted by molar-refractivity contribution is 5.98. The predicted molar refractivity (Wildman–Crippen MR) is 125 cm³/mol. The Morgan fingerprint density at radius 2 is 1.38 bits per heavy atom. The second-order valence-corrected chi connectivity index (χ2v) is 8.88. The topological polar surface area (TPSA) is 85.9 Å². The summed E-state index contributed by atoms with van der Waals surface area (Å²) < 4.78 is 16.2. The SMILES string of the molecule is COc1cc(C(NC(=O)c2ccc(C(C)C)cc2)C(=O)NC(C)(C)C)cc(OC)c1OC. The Hall–Kier alpha value is -3.22. The van der Waals surface area contributed by atoms with E-state index in [1.807, 2.05) is 32.9 Å². The van der Waals surface area contributed by atoms with E-state index in [0.29, 0.717) is 34.3 Å². The van der Waals surface area contributed by atoms with Crippen molar-refractivity contribution in [3.63, 3.8) is 0 Å². The van der Waals surface area contributed by atoms with E-state index in [-0.39, 0.29) is 11.8 Å². The van der Waals surface area contributed by atoms with Crippen molar-refractivity contribution in [2.24, 2.45) is 0 Å². The van der Waals surface area contributed by atoms with Crippen molar-refractivity contribution in [3.05, 3.63) is 53.1 Å². The summed E-state index contributed by atoms with van der Waals surface area (Å²) in [6.07, 6.45) is 0. The molecule has 2 aromatic rings. The van der Waals surface area contributed by atoms with Crippen molar-refractivity contribution in [3.8, 4) is 17.2 Å². The van der Waals surface area contributed by atoms with Crippen LogP contribution in [0.3, 0.4) is 0 Å². The number of rotatable bonds is 8. The summed E-state index contributed by atoms with van der Waals surface area (Å²) in [6.45, 7) is 9.82. The average Bonchev–Trinajstić information content (AvgIpc) is 2.74. The molecule has 0 aliphatic carbocycles. The molecule has 0 radical (unpaired) electrons. The van der Waals surface area contributed by atoms with Gasteiger partial charge in [-0.05, 0) is 62.1 Å². The fourth-order valence-corrected chi connectivity index (χ4v) is 3.24. The molecule has 2 rings (SSSR count). The molecule has 0 aliphatic heterocycles. The number of amides is 2. The van der Waals surface area contributed by atoms with E-state index in [0.717, 1.165) is 5.56 Å². The Balaban J connectivity index is 2.47. The Morgan fingerprint density at radius 1 is 0.844 bits per heavy atom. The Bertz CT molecular complexity index is 921. The van der Waals surface area contributed by atoms with E-state index in [1.54, 1.807) is 24.3 Å². The molecular weight excluding hydrogens is 408 g/mol. The van der Waals surface area contributed by atoms with Gasteiger partial charge in [0.25, 0.3) is 5.91 Å². The third-order valence-corrected chi connectivity index (χ3v) is 4.90. The molecule has 1 unspecified atom stereocenters. The van der Waals surface area contributed by atoms with Gasteiger partial charge in [0.15, 0.2) is 11.5 Å². The van der Waals surface area contributed by atoms with E-state index in [9.17, 15) is 9.59 Å². The monoisotopic (exact) mass is 442 g/mol. The van der Waals surface area contributed by atoms with Crippen LogP contribution in [0.15, 0.2) is 36.4 Å². The van der Waals surface area contributed by atoms with Crippen molar-refractivity contribution in [2.45, 2.75) is 52.1 Å². The number of hydrogen-bond acceptors (Lipinski definition) is 5. The van der Waals surface area contributed by atoms with Gasteiger partial charge in [0.1, 0.15) is 6.04 Å². The van der Waals surface area contributed by atoms with E-state index in [1.165, 1.54) is 21.3 Å². The van der Waals surface area contributed by atoms with Crippen LogP contribution in [-0.4, -0.2) is 38.7 Å². The Kier molecular flexibility index (Phi) is 8.14. The van der Waals surface area contributed by atoms with Gasteiger partial charge in [-0.25, -0.2) is 0 Å². The van der Waals surface area contributed by atoms with Crippen molar-refractivity contribution in [2.75, 3.05) is 21.3 Å². The van der Waals surface area contributed by atoms with E-state index in [4.69, 9.17) is 14.2 Å². The van der Waals surface area contributed by atoms with Gasteiger partial charge in [0, 0.05) is 11.1 Å². The molecule has 0 aliphatic rings. The van der Waals surface area contributed by atoms with E-state index >= 15 is 0 Å². The minimum atomic E-state index is -0.972.